The van der Waals surface area contributed by atoms with Crippen LogP contribution in [-0.2, 0) is 38.4 Å². The van der Waals surface area contributed by atoms with Crippen LogP contribution in [0.4, 0.5) is 22.7 Å². The number of hydroxylamine groups is 4. The normalized spacial score (nSPS) is 10.6. The molecule has 1 aromatic rings. The van der Waals surface area contributed by atoms with E-state index < -0.39 is 23.6 Å². The van der Waals surface area contributed by atoms with E-state index in [2.05, 4.69) is 21.3 Å². The van der Waals surface area contributed by atoms with E-state index in [0.717, 1.165) is 0 Å². The molecule has 0 spiro atoms. The van der Waals surface area contributed by atoms with Crippen LogP contribution in [0.25, 0.3) is 0 Å². The van der Waals surface area contributed by atoms with Crippen molar-refractivity contribution in [2.24, 2.45) is 0 Å². The first-order valence-corrected chi connectivity index (χ1v) is 20.0. The van der Waals surface area contributed by atoms with Crippen LogP contribution in [0.1, 0.15) is 154 Å². The lowest BCUT2D eigenvalue weighted by Crippen LogP contribution is -2.20. The van der Waals surface area contributed by atoms with E-state index in [0.29, 0.717) is 103 Å². The molecule has 0 fully saturated rings. The molecule has 0 aliphatic rings. The minimum atomic E-state index is -0.492. The van der Waals surface area contributed by atoms with Crippen molar-refractivity contribution < 1.29 is 59.2 Å². The van der Waals surface area contributed by atoms with Crippen molar-refractivity contribution >= 4 is 70.0 Å². The third-order valence-electron chi connectivity index (χ3n) is 8.98. The quantitative estimate of drug-likeness (QED) is 0.0264. The van der Waals surface area contributed by atoms with Crippen molar-refractivity contribution in [2.45, 2.75) is 154 Å². The zero-order valence-corrected chi connectivity index (χ0v) is 33.2. The van der Waals surface area contributed by atoms with Gasteiger partial charge < -0.3 is 21.3 Å². The number of amides is 8. The highest BCUT2D eigenvalue weighted by molar-refractivity contribution is 6.06. The van der Waals surface area contributed by atoms with Crippen molar-refractivity contribution in [3.63, 3.8) is 0 Å². The maximum Gasteiger partial charge on any atom is 0.243 e. The van der Waals surface area contributed by atoms with E-state index in [1.165, 1.54) is 12.1 Å². The molecule has 1 rings (SSSR count). The molecule has 0 radical (unpaired) electrons. The second-order valence-corrected chi connectivity index (χ2v) is 13.9. The van der Waals surface area contributed by atoms with Gasteiger partial charge in [-0.15, -0.1) is 0 Å². The van der Waals surface area contributed by atoms with Crippen LogP contribution < -0.4 is 43.2 Å². The number of hydrogen-bond acceptors (Lipinski definition) is 12. The lowest BCUT2D eigenvalue weighted by atomic mass is 10.1. The van der Waals surface area contributed by atoms with Crippen molar-refractivity contribution in [1.29, 1.82) is 0 Å². The maximum absolute atomic E-state index is 13.1. The summed E-state index contributed by atoms with van der Waals surface area (Å²) in [5.74, 6) is -3.48. The molecule has 8 amide bonds. The van der Waals surface area contributed by atoms with Crippen LogP contribution >= 0.6 is 0 Å². The van der Waals surface area contributed by atoms with Gasteiger partial charge in [-0.1, -0.05) is 51.4 Å². The van der Waals surface area contributed by atoms with Gasteiger partial charge in [0.2, 0.25) is 47.3 Å². The van der Waals surface area contributed by atoms with E-state index >= 15 is 0 Å². The van der Waals surface area contributed by atoms with Gasteiger partial charge in [0.25, 0.3) is 0 Å². The van der Waals surface area contributed by atoms with E-state index in [1.54, 1.807) is 21.9 Å². The summed E-state index contributed by atoms with van der Waals surface area (Å²) in [5, 5.41) is 45.8. The van der Waals surface area contributed by atoms with Gasteiger partial charge in [0.05, 0.1) is 22.7 Å². The number of rotatable bonds is 32. The van der Waals surface area contributed by atoms with E-state index in [-0.39, 0.29) is 97.7 Å². The molecular formula is C38H62N8O12. The zero-order valence-electron chi connectivity index (χ0n) is 33.2. The third-order valence-corrected chi connectivity index (χ3v) is 8.98. The Bertz CT molecular complexity index is 1270. The van der Waals surface area contributed by atoms with Gasteiger partial charge in [-0.25, -0.2) is 21.9 Å². The number of unbranched alkanes of at least 4 members (excludes halogenated alkanes) is 12. The molecule has 0 aromatic heterocycles. The molecule has 0 heterocycles. The van der Waals surface area contributed by atoms with Crippen LogP contribution in [0.2, 0.25) is 0 Å². The molecule has 20 nitrogen and oxygen atoms in total. The van der Waals surface area contributed by atoms with Crippen molar-refractivity contribution in [3.05, 3.63) is 12.1 Å². The van der Waals surface area contributed by atoms with E-state index in [4.69, 9.17) is 20.8 Å². The van der Waals surface area contributed by atoms with Gasteiger partial charge >= 0.3 is 0 Å². The highest BCUT2D eigenvalue weighted by Gasteiger charge is 2.18. The number of anilines is 4. The van der Waals surface area contributed by atoms with Crippen molar-refractivity contribution in [1.82, 2.24) is 21.9 Å². The molecule has 12 N–H and O–H groups in total. The first kappa shape index (κ1) is 50.8. The Balaban J connectivity index is 3.18. The highest BCUT2D eigenvalue weighted by Crippen LogP contribution is 2.35. The fraction of sp³-hybridized carbons (Fsp3) is 0.632. The van der Waals surface area contributed by atoms with Gasteiger partial charge in [0.15, 0.2) is 0 Å². The third kappa shape index (κ3) is 25.1. The van der Waals surface area contributed by atoms with Gasteiger partial charge in [0, 0.05) is 51.4 Å². The summed E-state index contributed by atoms with van der Waals surface area (Å²) in [6, 6.07) is 2.92. The highest BCUT2D eigenvalue weighted by atomic mass is 16.5. The number of benzene rings is 1. The summed E-state index contributed by atoms with van der Waals surface area (Å²) < 4.78 is 0. The molecule has 20 heteroatoms. The van der Waals surface area contributed by atoms with Gasteiger partial charge in [-0.3, -0.25) is 59.2 Å². The second-order valence-electron chi connectivity index (χ2n) is 13.9. The van der Waals surface area contributed by atoms with Gasteiger partial charge in [-0.2, -0.15) is 0 Å². The maximum atomic E-state index is 13.1. The lowest BCUT2D eigenvalue weighted by molar-refractivity contribution is -0.130. The smallest absolute Gasteiger partial charge is 0.243 e. The van der Waals surface area contributed by atoms with Crippen LogP contribution in [0.15, 0.2) is 12.1 Å². The Morgan fingerprint density at radius 3 is 0.586 bits per heavy atom. The lowest BCUT2D eigenvalue weighted by Gasteiger charge is -2.19. The van der Waals surface area contributed by atoms with Gasteiger partial charge in [0.1, 0.15) is 0 Å². The Morgan fingerprint density at radius 2 is 0.431 bits per heavy atom. The molecule has 326 valence electrons. The molecule has 0 aliphatic heterocycles. The number of carbonyl (C=O) groups is 8. The minimum absolute atomic E-state index is 0.110. The van der Waals surface area contributed by atoms with E-state index in [9.17, 15) is 38.4 Å². The largest absolute Gasteiger partial charge is 0.324 e. The molecular weight excluding hydrogens is 760 g/mol. The predicted molar refractivity (Wildman–Crippen MR) is 211 cm³/mol. The zero-order chi connectivity index (χ0) is 43.0. The number of carbonyl (C=O) groups excluding carboxylic acids is 8. The Kier molecular flexibility index (Phi) is 27.9. The first-order chi connectivity index (χ1) is 27.9. The average molecular weight is 823 g/mol. The summed E-state index contributed by atoms with van der Waals surface area (Å²) in [7, 11) is 0. The molecule has 0 bridgehead atoms. The SMILES string of the molecule is O=C(CCCCCCC(=O)Nc1cc(NC(=O)CCCCCCC(=O)NO)c(NC(=O)CCCCCCC(=O)NO)cc1NC(=O)CCCCCCC(=O)NO)NO. The summed E-state index contributed by atoms with van der Waals surface area (Å²) in [6.45, 7) is 0. The standard InChI is InChI=1S/C38H62N8O12/c47-31(17-9-1-5-13-21-35(51)43-55)39-27-25-29(41-33(49)19-11-3-7-15-23-37(53)45-57)30(42-34(50)20-12-4-8-16-24-38(54)46-58)26-28(27)40-32(48)18-10-2-6-14-22-36(52)44-56/h25-26,55-58H,1-24H2,(H,39,47)(H,40,48)(H,41,49)(H,42,50)(H,43,51)(H,44,52)(H,45,53)(H,46,54). The Hall–Kier alpha value is -5.18. The van der Waals surface area contributed by atoms with Gasteiger partial charge in [-0.05, 0) is 63.5 Å². The molecule has 0 atom stereocenters. The summed E-state index contributed by atoms with van der Waals surface area (Å²) >= 11 is 0. The van der Waals surface area contributed by atoms with Crippen LogP contribution in [-0.4, -0.2) is 68.1 Å². The Labute approximate surface area is 338 Å². The van der Waals surface area contributed by atoms with Crippen LogP contribution in [0.3, 0.4) is 0 Å². The molecule has 1 aromatic carbocycles. The first-order valence-electron chi connectivity index (χ1n) is 20.0. The molecule has 0 saturated carbocycles. The summed E-state index contributed by atoms with van der Waals surface area (Å²) in [6.07, 6.45) is 10.3. The Morgan fingerprint density at radius 1 is 0.276 bits per heavy atom. The summed E-state index contributed by atoms with van der Waals surface area (Å²) in [5.41, 5.74) is 7.02. The van der Waals surface area contributed by atoms with Crippen molar-refractivity contribution in [2.75, 3.05) is 21.3 Å². The number of hydrogen-bond donors (Lipinski definition) is 12. The minimum Gasteiger partial charge on any atom is -0.324 e. The molecule has 0 unspecified atom stereocenters. The molecule has 0 saturated heterocycles. The second kappa shape index (κ2) is 31.9. The molecule has 58 heavy (non-hydrogen) atoms. The monoisotopic (exact) mass is 822 g/mol. The average Bonchev–Trinajstić information content (AvgIpc) is 3.20. The topological polar surface area (TPSA) is 314 Å². The van der Waals surface area contributed by atoms with Crippen LogP contribution in [0, 0.1) is 0 Å². The predicted octanol–water partition coefficient (Wildman–Crippen LogP) is 4.82. The fourth-order valence-corrected chi connectivity index (χ4v) is 5.79. The van der Waals surface area contributed by atoms with Crippen LogP contribution in [0.5, 0.6) is 0 Å². The molecule has 0 aliphatic carbocycles. The van der Waals surface area contributed by atoms with Crippen molar-refractivity contribution in [3.8, 4) is 0 Å². The fourth-order valence-electron chi connectivity index (χ4n) is 5.79. The summed E-state index contributed by atoms with van der Waals surface area (Å²) in [4.78, 5) is 97.4. The van der Waals surface area contributed by atoms with E-state index in [1.807, 2.05) is 0 Å². The number of nitrogens with one attached hydrogen (secondary N) is 8.